The number of primary sulfonamides is 1. The van der Waals surface area contributed by atoms with Gasteiger partial charge < -0.3 is 10.5 Å². The van der Waals surface area contributed by atoms with Crippen LogP contribution in [0.1, 0.15) is 12.5 Å². The first-order chi connectivity index (χ1) is 22.2. The van der Waals surface area contributed by atoms with E-state index in [1.807, 2.05) is 65.2 Å². The maximum Gasteiger partial charge on any atom is 0.238 e. The van der Waals surface area contributed by atoms with Crippen molar-refractivity contribution in [2.45, 2.75) is 17.0 Å². The molecular weight excluding hydrogens is 623 g/mol. The quantitative estimate of drug-likeness (QED) is 0.0774. The van der Waals surface area contributed by atoms with Crippen molar-refractivity contribution in [3.05, 3.63) is 115 Å². The number of nitrogens with two attached hydrogens (primary N) is 1. The molecule has 0 aliphatic carbocycles. The molecule has 0 unspecified atom stereocenters. The molecule has 6 aromatic rings. The number of carbonyl (C=O) groups is 1. The molecule has 6 rings (SSSR count). The van der Waals surface area contributed by atoms with E-state index in [0.717, 1.165) is 22.2 Å². The monoisotopic (exact) mass is 649 g/mol. The molecule has 13 heteroatoms. The Balaban J connectivity index is 1.36. The molecule has 46 heavy (non-hydrogen) atoms. The van der Waals surface area contributed by atoms with Gasteiger partial charge in [0.05, 0.1) is 27.6 Å². The topological polar surface area (TPSA) is 165 Å². The fraction of sp³-hybridized carbons (Fsp3) is 0.0606. The summed E-state index contributed by atoms with van der Waals surface area (Å²) in [6.45, 7) is 1.69. The molecule has 0 saturated heterocycles. The Morgan fingerprint density at radius 1 is 0.935 bits per heavy atom. The number of nitrogens with one attached hydrogen (secondary N) is 1. The van der Waals surface area contributed by atoms with Gasteiger partial charge in [-0.2, -0.15) is 0 Å². The van der Waals surface area contributed by atoms with Crippen LogP contribution in [0.25, 0.3) is 39.2 Å². The maximum absolute atomic E-state index is 12.9. The van der Waals surface area contributed by atoms with Crippen LogP contribution in [0.2, 0.25) is 0 Å². The summed E-state index contributed by atoms with van der Waals surface area (Å²) in [7, 11) is -3.84. The van der Waals surface area contributed by atoms with Crippen molar-refractivity contribution in [2.24, 2.45) is 10.3 Å². The summed E-state index contributed by atoms with van der Waals surface area (Å²) < 4.78 is 25.5. The minimum atomic E-state index is -3.84. The summed E-state index contributed by atoms with van der Waals surface area (Å²) in [5.74, 6) is 0.392. The van der Waals surface area contributed by atoms with E-state index in [0.29, 0.717) is 39.2 Å². The number of benzene rings is 4. The average Bonchev–Trinajstić information content (AvgIpc) is 3.50. The first-order valence-electron chi connectivity index (χ1n) is 14.0. The van der Waals surface area contributed by atoms with Crippen LogP contribution in [0.5, 0.6) is 0 Å². The number of hydrogen-bond donors (Lipinski definition) is 3. The smallest absolute Gasteiger partial charge is 0.238 e. The number of nitrogens with zero attached hydrogens (tertiary/aromatic N) is 5. The van der Waals surface area contributed by atoms with Crippen molar-refractivity contribution >= 4 is 50.0 Å². The van der Waals surface area contributed by atoms with E-state index >= 15 is 0 Å². The molecule has 0 aliphatic heterocycles. The highest BCUT2D eigenvalue weighted by Crippen LogP contribution is 2.35. The van der Waals surface area contributed by atoms with E-state index in [1.54, 1.807) is 43.3 Å². The molecule has 11 nitrogen and oxygen atoms in total. The number of anilines is 1. The third-order valence-corrected chi connectivity index (χ3v) is 9.01. The second kappa shape index (κ2) is 12.9. The molecule has 0 radical (unpaired) electrons. The van der Waals surface area contributed by atoms with Crippen LogP contribution >= 0.6 is 11.8 Å². The number of sulfonamides is 1. The standard InChI is InChI=1S/C33H27N7O4S2/c1-21(39-42)22-11-15-24(16-12-22)35-31(41)20-45-33-38-37-32(40(33)25-7-3-2-4-8-25)28-19-30(36-29-10-6-5-9-27(28)29)23-13-17-26(18-14-23)46(34,43)44/h2-19,42H,20H2,1H3,(H,35,41)(H2,34,43,44)/b39-21+. The van der Waals surface area contributed by atoms with Gasteiger partial charge in [0.15, 0.2) is 11.0 Å². The molecule has 2 aromatic heterocycles. The van der Waals surface area contributed by atoms with Crippen LogP contribution in [0.3, 0.4) is 0 Å². The van der Waals surface area contributed by atoms with Crippen LogP contribution in [0.4, 0.5) is 5.69 Å². The van der Waals surface area contributed by atoms with E-state index in [2.05, 4.69) is 20.7 Å². The normalized spacial score (nSPS) is 11.9. The lowest BCUT2D eigenvalue weighted by Gasteiger charge is -2.13. The molecule has 0 spiro atoms. The molecule has 2 heterocycles. The van der Waals surface area contributed by atoms with Crippen molar-refractivity contribution in [1.82, 2.24) is 19.7 Å². The Hall–Kier alpha value is -5.37. The molecule has 4 N–H and O–H groups in total. The van der Waals surface area contributed by atoms with Crippen molar-refractivity contribution in [3.63, 3.8) is 0 Å². The van der Waals surface area contributed by atoms with Gasteiger partial charge in [0.2, 0.25) is 15.9 Å². The van der Waals surface area contributed by atoms with Gasteiger partial charge in [0.25, 0.3) is 0 Å². The van der Waals surface area contributed by atoms with Crippen LogP contribution < -0.4 is 10.5 Å². The largest absolute Gasteiger partial charge is 0.411 e. The van der Waals surface area contributed by atoms with E-state index in [9.17, 15) is 13.2 Å². The maximum atomic E-state index is 12.9. The van der Waals surface area contributed by atoms with Gasteiger partial charge in [-0.1, -0.05) is 77.6 Å². The minimum Gasteiger partial charge on any atom is -0.411 e. The number of hydrogen-bond acceptors (Lipinski definition) is 9. The lowest BCUT2D eigenvalue weighted by atomic mass is 10.0. The summed E-state index contributed by atoms with van der Waals surface area (Å²) >= 11 is 1.25. The van der Waals surface area contributed by atoms with Crippen LogP contribution in [0, 0.1) is 0 Å². The van der Waals surface area contributed by atoms with Gasteiger partial charge in [-0.25, -0.2) is 18.5 Å². The first-order valence-corrected chi connectivity index (χ1v) is 16.5. The molecule has 0 bridgehead atoms. The van der Waals surface area contributed by atoms with Crippen LogP contribution in [-0.2, 0) is 14.8 Å². The van der Waals surface area contributed by atoms with Gasteiger partial charge in [-0.3, -0.25) is 9.36 Å². The molecule has 0 aliphatic rings. The SMILES string of the molecule is C/C(=N\O)c1ccc(NC(=O)CSc2nnc(-c3cc(-c4ccc(S(N)(=O)=O)cc4)nc4ccccc34)n2-c2ccccc2)cc1. The zero-order chi connectivity index (χ0) is 32.3. The predicted molar refractivity (Wildman–Crippen MR) is 179 cm³/mol. The van der Waals surface area contributed by atoms with Crippen molar-refractivity contribution in [2.75, 3.05) is 11.1 Å². The lowest BCUT2D eigenvalue weighted by molar-refractivity contribution is -0.113. The number of aromatic nitrogens is 4. The van der Waals surface area contributed by atoms with Gasteiger partial charge in [-0.05, 0) is 61.0 Å². The molecule has 0 fully saturated rings. The first kappa shape index (κ1) is 30.6. The predicted octanol–water partition coefficient (Wildman–Crippen LogP) is 5.73. The Morgan fingerprint density at radius 3 is 2.33 bits per heavy atom. The Labute approximate surface area is 268 Å². The average molecular weight is 650 g/mol. The Kier molecular flexibility index (Phi) is 8.61. The molecule has 0 saturated carbocycles. The highest BCUT2D eigenvalue weighted by molar-refractivity contribution is 7.99. The summed E-state index contributed by atoms with van der Waals surface area (Å²) in [4.78, 5) is 17.8. The molecular formula is C33H27N7O4S2. The number of para-hydroxylation sites is 2. The second-order valence-corrected chi connectivity index (χ2v) is 12.7. The molecule has 0 atom stereocenters. The van der Waals surface area contributed by atoms with Crippen molar-refractivity contribution in [3.8, 4) is 28.3 Å². The van der Waals surface area contributed by atoms with Crippen LogP contribution in [0.15, 0.2) is 124 Å². The number of pyridine rings is 1. The zero-order valence-corrected chi connectivity index (χ0v) is 26.0. The second-order valence-electron chi connectivity index (χ2n) is 10.2. The van der Waals surface area contributed by atoms with E-state index < -0.39 is 10.0 Å². The number of oxime groups is 1. The summed E-state index contributed by atoms with van der Waals surface area (Å²) in [5.41, 5.74) is 5.41. The minimum absolute atomic E-state index is 0.00931. The van der Waals surface area contributed by atoms with E-state index in [4.69, 9.17) is 15.3 Å². The lowest BCUT2D eigenvalue weighted by Crippen LogP contribution is -2.14. The van der Waals surface area contributed by atoms with Gasteiger partial charge in [-0.15, -0.1) is 10.2 Å². The highest BCUT2D eigenvalue weighted by Gasteiger charge is 2.21. The zero-order valence-electron chi connectivity index (χ0n) is 24.4. The fourth-order valence-corrected chi connectivity index (χ4v) is 6.12. The highest BCUT2D eigenvalue weighted by atomic mass is 32.2. The van der Waals surface area contributed by atoms with Crippen molar-refractivity contribution < 1.29 is 18.4 Å². The van der Waals surface area contributed by atoms with Gasteiger partial charge >= 0.3 is 0 Å². The molecule has 230 valence electrons. The molecule has 1 amide bonds. The summed E-state index contributed by atoms with van der Waals surface area (Å²) in [6, 6.07) is 32.4. The third-order valence-electron chi connectivity index (χ3n) is 7.15. The number of thioether (sulfide) groups is 1. The van der Waals surface area contributed by atoms with Gasteiger partial charge in [0.1, 0.15) is 0 Å². The van der Waals surface area contributed by atoms with E-state index in [-0.39, 0.29) is 16.6 Å². The summed E-state index contributed by atoms with van der Waals surface area (Å²) in [5, 5.41) is 30.8. The fourth-order valence-electron chi connectivity index (χ4n) is 4.85. The van der Waals surface area contributed by atoms with E-state index in [1.165, 1.54) is 23.9 Å². The van der Waals surface area contributed by atoms with Crippen LogP contribution in [-0.4, -0.2) is 50.7 Å². The number of rotatable bonds is 9. The Bertz CT molecular complexity index is 2180. The number of amides is 1. The summed E-state index contributed by atoms with van der Waals surface area (Å²) in [6.07, 6.45) is 0. The Morgan fingerprint density at radius 2 is 1.63 bits per heavy atom. The number of carbonyl (C=O) groups excluding carboxylic acids is 1. The van der Waals surface area contributed by atoms with Gasteiger partial charge in [0, 0.05) is 27.9 Å². The van der Waals surface area contributed by atoms with Crippen molar-refractivity contribution in [1.29, 1.82) is 0 Å². The third kappa shape index (κ3) is 6.52. The number of fused-ring (bicyclic) bond motifs is 1. The molecule has 4 aromatic carbocycles.